The molecule has 3 aromatic rings. The van der Waals surface area contributed by atoms with Crippen LogP contribution in [0.4, 0.5) is 11.4 Å². The molecule has 1 N–H and O–H groups in total. The van der Waals surface area contributed by atoms with E-state index in [4.69, 9.17) is 44.3 Å². The van der Waals surface area contributed by atoms with E-state index in [0.29, 0.717) is 11.1 Å². The number of nitro benzene ring substituents is 1. The van der Waals surface area contributed by atoms with Crippen molar-refractivity contribution in [2.45, 2.75) is 6.61 Å². The van der Waals surface area contributed by atoms with Crippen molar-refractivity contribution in [2.24, 2.45) is 0 Å². The van der Waals surface area contributed by atoms with Crippen molar-refractivity contribution < 1.29 is 19.2 Å². The molecule has 0 saturated heterocycles. The molecule has 0 fully saturated rings. The minimum Gasteiger partial charge on any atom is -0.493 e. The number of methoxy groups -OCH3 is 1. The number of amides is 1. The van der Waals surface area contributed by atoms with E-state index in [-0.39, 0.29) is 50.1 Å². The van der Waals surface area contributed by atoms with Gasteiger partial charge in [-0.15, -0.1) is 0 Å². The van der Waals surface area contributed by atoms with Gasteiger partial charge < -0.3 is 14.8 Å². The first-order valence-electron chi connectivity index (χ1n) is 9.84. The van der Waals surface area contributed by atoms with Gasteiger partial charge in [0.1, 0.15) is 18.2 Å². The van der Waals surface area contributed by atoms with Crippen molar-refractivity contribution >= 4 is 58.2 Å². The van der Waals surface area contributed by atoms with E-state index < -0.39 is 10.8 Å². The van der Waals surface area contributed by atoms with E-state index in [0.717, 1.165) is 0 Å². The zero-order chi connectivity index (χ0) is 25.5. The molecule has 1 amide bonds. The number of hydrogen-bond acceptors (Lipinski definition) is 6. The van der Waals surface area contributed by atoms with Gasteiger partial charge >= 0.3 is 0 Å². The van der Waals surface area contributed by atoms with Gasteiger partial charge in [-0.1, -0.05) is 40.9 Å². The fraction of sp³-hybridized carbons (Fsp3) is 0.0833. The fourth-order valence-corrected chi connectivity index (χ4v) is 3.56. The van der Waals surface area contributed by atoms with Crippen LogP contribution in [0.3, 0.4) is 0 Å². The lowest BCUT2D eigenvalue weighted by Gasteiger charge is -2.14. The van der Waals surface area contributed by atoms with E-state index in [1.807, 2.05) is 6.07 Å². The molecule has 0 aliphatic rings. The second-order valence-corrected chi connectivity index (χ2v) is 8.16. The van der Waals surface area contributed by atoms with E-state index in [2.05, 4.69) is 5.32 Å². The summed E-state index contributed by atoms with van der Waals surface area (Å²) in [6.07, 6.45) is 1.34. The smallest absolute Gasteiger partial charge is 0.269 e. The molecule has 11 heteroatoms. The van der Waals surface area contributed by atoms with Gasteiger partial charge in [-0.3, -0.25) is 14.9 Å². The second kappa shape index (κ2) is 11.6. The van der Waals surface area contributed by atoms with Gasteiger partial charge in [0.15, 0.2) is 11.5 Å². The maximum Gasteiger partial charge on any atom is 0.269 e. The van der Waals surface area contributed by atoms with E-state index >= 15 is 0 Å². The van der Waals surface area contributed by atoms with Crippen LogP contribution in [-0.2, 0) is 11.4 Å². The first-order chi connectivity index (χ1) is 16.7. The van der Waals surface area contributed by atoms with Crippen LogP contribution in [0.15, 0.2) is 60.2 Å². The molecular formula is C24H16Cl3N3O5. The monoisotopic (exact) mass is 531 g/mol. The third-order valence-corrected chi connectivity index (χ3v) is 5.76. The highest BCUT2D eigenvalue weighted by atomic mass is 35.5. The number of halogens is 3. The number of nitriles is 1. The van der Waals surface area contributed by atoms with E-state index in [9.17, 15) is 20.2 Å². The van der Waals surface area contributed by atoms with Crippen molar-refractivity contribution in [3.05, 3.63) is 96.5 Å². The summed E-state index contributed by atoms with van der Waals surface area (Å²) >= 11 is 18.4. The van der Waals surface area contributed by atoms with Crippen LogP contribution in [0, 0.1) is 21.4 Å². The SMILES string of the molecule is COc1cc(/C=C(/C#N)C(=O)Nc2cccc(Cl)c2Cl)cc(Cl)c1OCc1ccc([N+](=O)[O-])cc1. The Morgan fingerprint density at radius 1 is 1.14 bits per heavy atom. The molecule has 0 spiro atoms. The summed E-state index contributed by atoms with van der Waals surface area (Å²) in [6.45, 7) is 0.0789. The van der Waals surface area contributed by atoms with Gasteiger partial charge in [0, 0.05) is 12.1 Å². The van der Waals surface area contributed by atoms with Crippen LogP contribution in [0.2, 0.25) is 15.1 Å². The Hall–Kier alpha value is -3.77. The Bertz CT molecular complexity index is 1350. The number of ether oxygens (including phenoxy) is 2. The number of nitrogens with zero attached hydrogens (tertiary/aromatic N) is 2. The number of non-ortho nitro benzene ring substituents is 1. The third-order valence-electron chi connectivity index (χ3n) is 4.66. The molecule has 0 heterocycles. The number of nitro groups is 1. The van der Waals surface area contributed by atoms with Gasteiger partial charge in [-0.25, -0.2) is 0 Å². The van der Waals surface area contributed by atoms with E-state index in [1.54, 1.807) is 36.4 Å². The average molecular weight is 533 g/mol. The van der Waals surface area contributed by atoms with Crippen LogP contribution >= 0.6 is 34.8 Å². The Labute approximate surface area is 215 Å². The summed E-state index contributed by atoms with van der Waals surface area (Å²) in [5, 5.41) is 23.4. The lowest BCUT2D eigenvalue weighted by Crippen LogP contribution is -2.13. The lowest BCUT2D eigenvalue weighted by atomic mass is 10.1. The number of anilines is 1. The molecule has 0 aromatic heterocycles. The molecule has 35 heavy (non-hydrogen) atoms. The maximum atomic E-state index is 12.6. The van der Waals surface area contributed by atoms with Crippen molar-refractivity contribution in [1.82, 2.24) is 0 Å². The Morgan fingerprint density at radius 3 is 2.49 bits per heavy atom. The number of hydrogen-bond donors (Lipinski definition) is 1. The number of nitrogens with one attached hydrogen (secondary N) is 1. The van der Waals surface area contributed by atoms with Crippen LogP contribution in [0.5, 0.6) is 11.5 Å². The van der Waals surface area contributed by atoms with Gasteiger partial charge in [0.25, 0.3) is 11.6 Å². The number of carbonyl (C=O) groups excluding carboxylic acids is 1. The number of rotatable bonds is 8. The minimum atomic E-state index is -0.690. The number of carbonyl (C=O) groups is 1. The molecule has 3 rings (SSSR count). The topological polar surface area (TPSA) is 114 Å². The molecule has 0 aliphatic heterocycles. The van der Waals surface area contributed by atoms with Crippen LogP contribution in [0.25, 0.3) is 6.08 Å². The summed E-state index contributed by atoms with van der Waals surface area (Å²) in [6, 6.07) is 15.5. The summed E-state index contributed by atoms with van der Waals surface area (Å²) in [5.74, 6) is -0.190. The van der Waals surface area contributed by atoms with Crippen LogP contribution in [-0.4, -0.2) is 17.9 Å². The molecule has 178 valence electrons. The molecule has 0 aliphatic carbocycles. The number of benzene rings is 3. The van der Waals surface area contributed by atoms with Crippen molar-refractivity contribution in [1.29, 1.82) is 5.26 Å². The van der Waals surface area contributed by atoms with Crippen LogP contribution < -0.4 is 14.8 Å². The molecule has 0 bridgehead atoms. The molecule has 0 radical (unpaired) electrons. The molecular weight excluding hydrogens is 517 g/mol. The molecule has 3 aromatic carbocycles. The summed E-state index contributed by atoms with van der Waals surface area (Å²) in [5.41, 5.74) is 1.12. The van der Waals surface area contributed by atoms with Crippen LogP contribution in [0.1, 0.15) is 11.1 Å². The predicted octanol–water partition coefficient (Wildman–Crippen LogP) is 6.69. The van der Waals surface area contributed by atoms with Gasteiger partial charge in [0.05, 0.1) is 32.8 Å². The Balaban J connectivity index is 1.81. The highest BCUT2D eigenvalue weighted by Crippen LogP contribution is 2.38. The summed E-state index contributed by atoms with van der Waals surface area (Å²) < 4.78 is 11.1. The standard InChI is InChI=1S/C24H16Cl3N3O5/c1-34-21-11-15(9-16(12-28)24(31)29-20-4-2-3-18(25)22(20)27)10-19(26)23(21)35-13-14-5-7-17(8-6-14)30(32)33/h2-11H,13H2,1H3,(H,29,31)/b16-9-. The molecule has 0 saturated carbocycles. The molecule has 8 nitrogen and oxygen atoms in total. The lowest BCUT2D eigenvalue weighted by molar-refractivity contribution is -0.384. The predicted molar refractivity (Wildman–Crippen MR) is 134 cm³/mol. The Morgan fingerprint density at radius 2 is 1.86 bits per heavy atom. The highest BCUT2D eigenvalue weighted by Gasteiger charge is 2.16. The van der Waals surface area contributed by atoms with Gasteiger partial charge in [-0.2, -0.15) is 5.26 Å². The van der Waals surface area contributed by atoms with Crippen molar-refractivity contribution in [2.75, 3.05) is 12.4 Å². The second-order valence-electron chi connectivity index (χ2n) is 6.97. The quantitative estimate of drug-likeness (QED) is 0.150. The maximum absolute atomic E-state index is 12.6. The van der Waals surface area contributed by atoms with Crippen molar-refractivity contribution in [3.8, 4) is 17.6 Å². The minimum absolute atomic E-state index is 0.0320. The molecule has 0 atom stereocenters. The largest absolute Gasteiger partial charge is 0.493 e. The van der Waals surface area contributed by atoms with Gasteiger partial charge in [-0.05, 0) is 53.6 Å². The fourth-order valence-electron chi connectivity index (χ4n) is 2.94. The summed E-state index contributed by atoms with van der Waals surface area (Å²) in [7, 11) is 1.41. The zero-order valence-corrected chi connectivity index (χ0v) is 20.3. The first-order valence-corrected chi connectivity index (χ1v) is 11.0. The summed E-state index contributed by atoms with van der Waals surface area (Å²) in [4.78, 5) is 22.9. The Kier molecular flexibility index (Phi) is 8.55. The zero-order valence-electron chi connectivity index (χ0n) is 18.1. The van der Waals surface area contributed by atoms with E-state index in [1.165, 1.54) is 31.4 Å². The normalized spacial score (nSPS) is 10.9. The van der Waals surface area contributed by atoms with Crippen molar-refractivity contribution in [3.63, 3.8) is 0 Å². The highest BCUT2D eigenvalue weighted by molar-refractivity contribution is 6.44. The first kappa shape index (κ1) is 25.8. The van der Waals surface area contributed by atoms with Gasteiger partial charge in [0.2, 0.25) is 0 Å². The third kappa shape index (κ3) is 6.43. The average Bonchev–Trinajstić information content (AvgIpc) is 2.84. The molecule has 0 unspecified atom stereocenters.